The van der Waals surface area contributed by atoms with Gasteiger partial charge in [0.25, 0.3) is 5.91 Å². The highest BCUT2D eigenvalue weighted by atomic mass is 32.2. The molecule has 1 amide bonds. The van der Waals surface area contributed by atoms with Crippen LogP contribution in [0.4, 0.5) is 0 Å². The Kier molecular flexibility index (Phi) is 4.91. The number of piperazine rings is 1. The Morgan fingerprint density at radius 2 is 1.58 bits per heavy atom. The number of rotatable bonds is 2. The van der Waals surface area contributed by atoms with E-state index in [-0.39, 0.29) is 5.91 Å². The van der Waals surface area contributed by atoms with E-state index in [1.54, 1.807) is 0 Å². The van der Waals surface area contributed by atoms with Crippen LogP contribution < -0.4 is 0 Å². The Bertz CT molecular complexity index is 851. The van der Waals surface area contributed by atoms with Gasteiger partial charge in [0.15, 0.2) is 5.17 Å². The third-order valence-corrected chi connectivity index (χ3v) is 5.74. The van der Waals surface area contributed by atoms with Crippen molar-refractivity contribution in [3.8, 4) is 11.1 Å². The molecule has 0 saturated carbocycles. The predicted octanol–water partition coefficient (Wildman–Crippen LogP) is 3.57. The van der Waals surface area contributed by atoms with Gasteiger partial charge in [-0.3, -0.25) is 4.79 Å². The molecule has 0 radical (unpaired) electrons. The van der Waals surface area contributed by atoms with Gasteiger partial charge in [0.05, 0.1) is 4.91 Å². The maximum Gasteiger partial charge on any atom is 0.286 e. The van der Waals surface area contributed by atoms with Gasteiger partial charge in [-0.2, -0.15) is 4.99 Å². The second kappa shape index (κ2) is 7.48. The van der Waals surface area contributed by atoms with Crippen molar-refractivity contribution in [2.24, 2.45) is 4.99 Å². The van der Waals surface area contributed by atoms with Crippen molar-refractivity contribution in [3.05, 3.63) is 65.1 Å². The molecule has 1 fully saturated rings. The second-order valence-corrected chi connectivity index (χ2v) is 7.60. The van der Waals surface area contributed by atoms with Crippen molar-refractivity contribution in [2.45, 2.75) is 0 Å². The van der Waals surface area contributed by atoms with Crippen LogP contribution in [0.25, 0.3) is 17.2 Å². The minimum atomic E-state index is -0.129. The average Bonchev–Trinajstić information content (AvgIpc) is 3.04. The SMILES string of the molecule is CN1CCN(C2=NC(=O)/C(=C\c3ccc(-c4ccccc4)cc3)S2)CC1. The smallest absolute Gasteiger partial charge is 0.286 e. The fourth-order valence-electron chi connectivity index (χ4n) is 3.08. The van der Waals surface area contributed by atoms with E-state index in [0.29, 0.717) is 4.91 Å². The lowest BCUT2D eigenvalue weighted by molar-refractivity contribution is -0.113. The topological polar surface area (TPSA) is 35.9 Å². The van der Waals surface area contributed by atoms with Crippen molar-refractivity contribution in [2.75, 3.05) is 33.2 Å². The van der Waals surface area contributed by atoms with Crippen LogP contribution in [-0.4, -0.2) is 54.1 Å². The van der Waals surface area contributed by atoms with E-state index in [9.17, 15) is 4.79 Å². The molecule has 4 nitrogen and oxygen atoms in total. The fourth-order valence-corrected chi connectivity index (χ4v) is 4.05. The van der Waals surface area contributed by atoms with Gasteiger partial charge < -0.3 is 9.80 Å². The van der Waals surface area contributed by atoms with Crippen LogP contribution in [0.1, 0.15) is 5.56 Å². The van der Waals surface area contributed by atoms with Crippen LogP contribution in [0.2, 0.25) is 0 Å². The molecule has 0 aliphatic carbocycles. The normalized spacial score (nSPS) is 19.9. The summed E-state index contributed by atoms with van der Waals surface area (Å²) < 4.78 is 0. The standard InChI is InChI=1S/C21H21N3OS/c1-23-11-13-24(14-12-23)21-22-20(25)19(26-21)15-16-7-9-18(10-8-16)17-5-3-2-4-6-17/h2-10,15H,11-14H2,1H3/b19-15+. The molecule has 26 heavy (non-hydrogen) atoms. The van der Waals surface area contributed by atoms with E-state index in [1.165, 1.54) is 22.9 Å². The van der Waals surface area contributed by atoms with E-state index in [2.05, 4.69) is 58.2 Å². The molecule has 0 aromatic heterocycles. The van der Waals surface area contributed by atoms with Gasteiger partial charge in [-0.15, -0.1) is 0 Å². The molecule has 132 valence electrons. The zero-order chi connectivity index (χ0) is 17.9. The predicted molar refractivity (Wildman–Crippen MR) is 109 cm³/mol. The van der Waals surface area contributed by atoms with Crippen molar-refractivity contribution in [1.82, 2.24) is 9.80 Å². The lowest BCUT2D eigenvalue weighted by Gasteiger charge is -2.32. The lowest BCUT2D eigenvalue weighted by atomic mass is 10.0. The maximum atomic E-state index is 12.3. The van der Waals surface area contributed by atoms with Crippen molar-refractivity contribution < 1.29 is 4.79 Å². The first-order chi connectivity index (χ1) is 12.7. The summed E-state index contributed by atoms with van der Waals surface area (Å²) in [5, 5.41) is 0.843. The van der Waals surface area contributed by atoms with Crippen LogP contribution in [0.3, 0.4) is 0 Å². The Morgan fingerprint density at radius 3 is 2.27 bits per heavy atom. The van der Waals surface area contributed by atoms with E-state index in [4.69, 9.17) is 0 Å². The first-order valence-corrected chi connectivity index (χ1v) is 9.62. The summed E-state index contributed by atoms with van der Waals surface area (Å²) in [5.41, 5.74) is 3.39. The molecule has 2 aliphatic heterocycles. The number of nitrogens with zero attached hydrogens (tertiary/aromatic N) is 3. The van der Waals surface area contributed by atoms with E-state index < -0.39 is 0 Å². The fraction of sp³-hybridized carbons (Fsp3) is 0.238. The number of carbonyl (C=O) groups excluding carboxylic acids is 1. The summed E-state index contributed by atoms with van der Waals surface area (Å²) in [5.74, 6) is -0.129. The molecule has 2 aliphatic rings. The minimum absolute atomic E-state index is 0.129. The van der Waals surface area contributed by atoms with Crippen LogP contribution in [-0.2, 0) is 4.79 Å². The van der Waals surface area contributed by atoms with Gasteiger partial charge in [0.2, 0.25) is 0 Å². The largest absolute Gasteiger partial charge is 0.348 e. The highest BCUT2D eigenvalue weighted by Gasteiger charge is 2.27. The number of hydrogen-bond acceptors (Lipinski definition) is 4. The number of hydrogen-bond donors (Lipinski definition) is 0. The van der Waals surface area contributed by atoms with Crippen molar-refractivity contribution in [1.29, 1.82) is 0 Å². The number of benzene rings is 2. The highest BCUT2D eigenvalue weighted by molar-refractivity contribution is 8.18. The molecule has 1 saturated heterocycles. The molecular formula is C21H21N3OS. The number of aliphatic imine (C=N–C) groups is 1. The highest BCUT2D eigenvalue weighted by Crippen LogP contribution is 2.31. The average molecular weight is 363 g/mol. The summed E-state index contributed by atoms with van der Waals surface area (Å²) in [6, 6.07) is 18.6. The van der Waals surface area contributed by atoms with Gasteiger partial charge in [0, 0.05) is 26.2 Å². The minimum Gasteiger partial charge on any atom is -0.348 e. The van der Waals surface area contributed by atoms with Crippen LogP contribution >= 0.6 is 11.8 Å². The maximum absolute atomic E-state index is 12.3. The number of thioether (sulfide) groups is 1. The molecule has 2 aromatic carbocycles. The van der Waals surface area contributed by atoms with Crippen LogP contribution in [0.15, 0.2) is 64.5 Å². The summed E-state index contributed by atoms with van der Waals surface area (Å²) in [6.07, 6.45) is 1.94. The molecule has 0 spiro atoms. The summed E-state index contributed by atoms with van der Waals surface area (Å²) >= 11 is 1.49. The monoisotopic (exact) mass is 363 g/mol. The Morgan fingerprint density at radius 1 is 0.923 bits per heavy atom. The lowest BCUT2D eigenvalue weighted by Crippen LogP contribution is -2.46. The molecule has 0 unspecified atom stereocenters. The van der Waals surface area contributed by atoms with Gasteiger partial charge in [0.1, 0.15) is 0 Å². The quantitative estimate of drug-likeness (QED) is 0.764. The number of amidine groups is 1. The number of carbonyl (C=O) groups is 1. The zero-order valence-electron chi connectivity index (χ0n) is 14.8. The first kappa shape index (κ1) is 17.1. The van der Waals surface area contributed by atoms with Crippen LogP contribution in [0, 0.1) is 0 Å². The van der Waals surface area contributed by atoms with Gasteiger partial charge in [-0.1, -0.05) is 54.6 Å². The number of likely N-dealkylation sites (N-methyl/N-ethyl adjacent to an activating group) is 1. The van der Waals surface area contributed by atoms with Gasteiger partial charge >= 0.3 is 0 Å². The van der Waals surface area contributed by atoms with E-state index in [1.807, 2.05) is 24.3 Å². The molecule has 4 rings (SSSR count). The Labute approximate surface area is 158 Å². The molecule has 0 atom stereocenters. The second-order valence-electron chi connectivity index (χ2n) is 6.59. The Hall–Kier alpha value is -2.37. The van der Waals surface area contributed by atoms with Crippen LogP contribution in [0.5, 0.6) is 0 Å². The van der Waals surface area contributed by atoms with E-state index >= 15 is 0 Å². The van der Waals surface area contributed by atoms with Crippen molar-refractivity contribution in [3.63, 3.8) is 0 Å². The summed E-state index contributed by atoms with van der Waals surface area (Å²) in [7, 11) is 2.12. The van der Waals surface area contributed by atoms with E-state index in [0.717, 1.165) is 36.9 Å². The number of amides is 1. The first-order valence-electron chi connectivity index (χ1n) is 8.80. The third-order valence-electron chi connectivity index (χ3n) is 4.70. The Balaban J connectivity index is 1.46. The van der Waals surface area contributed by atoms with Gasteiger partial charge in [-0.25, -0.2) is 0 Å². The molecule has 2 heterocycles. The zero-order valence-corrected chi connectivity index (χ0v) is 15.6. The summed E-state index contributed by atoms with van der Waals surface area (Å²) in [4.78, 5) is 21.7. The molecule has 0 N–H and O–H groups in total. The third kappa shape index (κ3) is 3.74. The molecule has 0 bridgehead atoms. The molecule has 5 heteroatoms. The molecule has 2 aromatic rings. The summed E-state index contributed by atoms with van der Waals surface area (Å²) in [6.45, 7) is 3.87. The van der Waals surface area contributed by atoms with Crippen molar-refractivity contribution >= 4 is 28.9 Å². The van der Waals surface area contributed by atoms with Gasteiger partial charge in [-0.05, 0) is 41.6 Å². The molecular weight excluding hydrogens is 342 g/mol.